The van der Waals surface area contributed by atoms with Crippen LogP contribution in [0.25, 0.3) is 0 Å². The van der Waals surface area contributed by atoms with E-state index < -0.39 is 0 Å². The highest BCUT2D eigenvalue weighted by molar-refractivity contribution is 7.80. The molecular weight excluding hydrogens is 256 g/mol. The van der Waals surface area contributed by atoms with Gasteiger partial charge in [0.15, 0.2) is 0 Å². The Hall–Kier alpha value is -1.16. The molecule has 0 radical (unpaired) electrons. The van der Waals surface area contributed by atoms with Crippen molar-refractivity contribution in [2.45, 2.75) is 58.5 Å². The Balaban J connectivity index is 2.24. The number of aryl methyl sites for hydroxylation is 2. The predicted octanol–water partition coefficient (Wildman–Crippen LogP) is 3.43. The Morgan fingerprint density at radius 1 is 1.26 bits per heavy atom. The second-order valence-electron chi connectivity index (χ2n) is 5.32. The molecule has 0 spiro atoms. The molecule has 1 fully saturated rings. The van der Waals surface area contributed by atoms with Crippen LogP contribution in [0.1, 0.15) is 55.5 Å². The number of nitrogens with two attached hydrogens (primary N) is 1. The molecule has 1 aromatic rings. The van der Waals surface area contributed by atoms with E-state index in [4.69, 9.17) is 22.7 Å². The minimum atomic E-state index is 0.289. The molecular formula is C15H22N2OS. The first-order valence-corrected chi connectivity index (χ1v) is 7.43. The lowest BCUT2D eigenvalue weighted by atomic mass is 10.1. The van der Waals surface area contributed by atoms with Crippen molar-refractivity contribution in [1.29, 1.82) is 0 Å². The Morgan fingerprint density at radius 2 is 1.89 bits per heavy atom. The number of hydrogen-bond donors (Lipinski definition) is 1. The molecule has 2 rings (SSSR count). The summed E-state index contributed by atoms with van der Waals surface area (Å²) < 4.78 is 6.18. The van der Waals surface area contributed by atoms with Crippen molar-refractivity contribution in [2.24, 2.45) is 5.73 Å². The first-order chi connectivity index (χ1) is 9.08. The molecule has 0 unspecified atom stereocenters. The maximum absolute atomic E-state index is 6.18. The molecule has 4 heteroatoms. The van der Waals surface area contributed by atoms with Crippen LogP contribution < -0.4 is 10.5 Å². The van der Waals surface area contributed by atoms with E-state index in [1.54, 1.807) is 0 Å². The molecule has 0 atom stereocenters. The van der Waals surface area contributed by atoms with E-state index in [0.717, 1.165) is 35.5 Å². The van der Waals surface area contributed by atoms with E-state index in [-0.39, 0.29) is 6.10 Å². The van der Waals surface area contributed by atoms with E-state index in [2.05, 4.69) is 4.98 Å². The lowest BCUT2D eigenvalue weighted by Crippen LogP contribution is -2.20. The molecule has 0 saturated heterocycles. The second kappa shape index (κ2) is 6.33. The fourth-order valence-corrected chi connectivity index (χ4v) is 2.97. The zero-order chi connectivity index (χ0) is 13.8. The highest BCUT2D eigenvalue weighted by Gasteiger charge is 2.18. The topological polar surface area (TPSA) is 48.1 Å². The van der Waals surface area contributed by atoms with Gasteiger partial charge in [0, 0.05) is 11.8 Å². The summed E-state index contributed by atoms with van der Waals surface area (Å²) in [6.07, 6.45) is 7.66. The molecule has 0 aliphatic heterocycles. The van der Waals surface area contributed by atoms with Gasteiger partial charge in [0.2, 0.25) is 0 Å². The van der Waals surface area contributed by atoms with Crippen LogP contribution in [0.3, 0.4) is 0 Å². The summed E-state index contributed by atoms with van der Waals surface area (Å²) in [5.74, 6) is 0.810. The Morgan fingerprint density at radius 3 is 2.47 bits per heavy atom. The van der Waals surface area contributed by atoms with E-state index in [1.165, 1.54) is 25.7 Å². The number of aromatic nitrogens is 1. The van der Waals surface area contributed by atoms with E-state index in [1.807, 2.05) is 19.9 Å². The summed E-state index contributed by atoms with van der Waals surface area (Å²) >= 11 is 5.13. The van der Waals surface area contributed by atoms with Gasteiger partial charge in [-0.15, -0.1) is 0 Å². The molecule has 1 aromatic heterocycles. The maximum Gasteiger partial charge on any atom is 0.133 e. The van der Waals surface area contributed by atoms with E-state index in [0.29, 0.717) is 4.99 Å². The van der Waals surface area contributed by atoms with Crippen molar-refractivity contribution in [2.75, 3.05) is 0 Å². The van der Waals surface area contributed by atoms with Gasteiger partial charge >= 0.3 is 0 Å². The first kappa shape index (κ1) is 14.3. The zero-order valence-corrected chi connectivity index (χ0v) is 12.6. The van der Waals surface area contributed by atoms with Crippen LogP contribution in [-0.4, -0.2) is 16.1 Å². The quantitative estimate of drug-likeness (QED) is 0.679. The number of nitrogens with zero attached hydrogens (tertiary/aromatic N) is 1. The van der Waals surface area contributed by atoms with Crippen LogP contribution in [0.2, 0.25) is 0 Å². The van der Waals surface area contributed by atoms with E-state index >= 15 is 0 Å². The predicted molar refractivity (Wildman–Crippen MR) is 81.7 cm³/mol. The lowest BCUT2D eigenvalue weighted by molar-refractivity contribution is 0.183. The molecule has 0 aromatic carbocycles. The summed E-state index contributed by atoms with van der Waals surface area (Å²) in [7, 11) is 0. The van der Waals surface area contributed by atoms with Gasteiger partial charge in [-0.25, -0.2) is 0 Å². The van der Waals surface area contributed by atoms with Crippen molar-refractivity contribution in [3.63, 3.8) is 0 Å². The number of thiocarbonyl (C=S) groups is 1. The highest BCUT2D eigenvalue weighted by atomic mass is 32.1. The third kappa shape index (κ3) is 3.66. The van der Waals surface area contributed by atoms with Gasteiger partial charge in [0.05, 0.1) is 17.4 Å². The molecule has 1 saturated carbocycles. The van der Waals surface area contributed by atoms with Gasteiger partial charge in [-0.2, -0.15) is 0 Å². The minimum Gasteiger partial charge on any atom is -0.490 e. The SMILES string of the molecule is Cc1cc(OC2CCCCCC2)c(C(N)=S)c(C)n1. The summed E-state index contributed by atoms with van der Waals surface area (Å²) in [5, 5.41) is 0. The normalized spacial score (nSPS) is 16.9. The molecule has 104 valence electrons. The smallest absolute Gasteiger partial charge is 0.133 e. The van der Waals surface area contributed by atoms with Crippen molar-refractivity contribution < 1.29 is 4.74 Å². The number of hydrogen-bond acceptors (Lipinski definition) is 3. The van der Waals surface area contributed by atoms with Crippen LogP contribution in [0.5, 0.6) is 5.75 Å². The average Bonchev–Trinajstić information content (AvgIpc) is 2.56. The van der Waals surface area contributed by atoms with Crippen molar-refractivity contribution in [3.8, 4) is 5.75 Å². The zero-order valence-electron chi connectivity index (χ0n) is 11.7. The monoisotopic (exact) mass is 278 g/mol. The summed E-state index contributed by atoms with van der Waals surface area (Å²) in [5.41, 5.74) is 8.41. The third-order valence-corrected chi connectivity index (χ3v) is 3.84. The van der Waals surface area contributed by atoms with Gasteiger partial charge in [-0.05, 0) is 39.5 Å². The second-order valence-corrected chi connectivity index (χ2v) is 5.76. The molecule has 1 heterocycles. The molecule has 0 amide bonds. The van der Waals surface area contributed by atoms with Gasteiger partial charge in [-0.3, -0.25) is 4.98 Å². The van der Waals surface area contributed by atoms with Crippen LogP contribution in [0.15, 0.2) is 6.07 Å². The molecule has 1 aliphatic rings. The Labute approximate surface area is 120 Å². The van der Waals surface area contributed by atoms with Crippen molar-refractivity contribution in [1.82, 2.24) is 4.98 Å². The fourth-order valence-electron chi connectivity index (χ4n) is 2.72. The molecule has 2 N–H and O–H groups in total. The Bertz CT molecular complexity index is 465. The number of rotatable bonds is 3. The van der Waals surface area contributed by atoms with Gasteiger partial charge in [-0.1, -0.05) is 25.1 Å². The van der Waals surface area contributed by atoms with Crippen LogP contribution in [0.4, 0.5) is 0 Å². The van der Waals surface area contributed by atoms with Gasteiger partial charge in [0.1, 0.15) is 10.7 Å². The number of pyridine rings is 1. The largest absolute Gasteiger partial charge is 0.490 e. The molecule has 19 heavy (non-hydrogen) atoms. The minimum absolute atomic E-state index is 0.289. The summed E-state index contributed by atoms with van der Waals surface area (Å²) in [4.78, 5) is 4.79. The standard InChI is InChI=1S/C15H22N2OS/c1-10-9-13(14(15(16)19)11(2)17-10)18-12-7-5-3-4-6-8-12/h9,12H,3-8H2,1-2H3,(H2,16,19). The summed E-state index contributed by atoms with van der Waals surface area (Å²) in [6.45, 7) is 3.90. The highest BCUT2D eigenvalue weighted by Crippen LogP contribution is 2.27. The van der Waals surface area contributed by atoms with Crippen LogP contribution >= 0.6 is 12.2 Å². The molecule has 3 nitrogen and oxygen atoms in total. The summed E-state index contributed by atoms with van der Waals surface area (Å²) in [6, 6.07) is 1.95. The van der Waals surface area contributed by atoms with Crippen LogP contribution in [0, 0.1) is 13.8 Å². The van der Waals surface area contributed by atoms with E-state index in [9.17, 15) is 0 Å². The number of ether oxygens (including phenoxy) is 1. The first-order valence-electron chi connectivity index (χ1n) is 7.02. The van der Waals surface area contributed by atoms with Gasteiger partial charge in [0.25, 0.3) is 0 Å². The molecule has 1 aliphatic carbocycles. The molecule has 0 bridgehead atoms. The maximum atomic E-state index is 6.18. The average molecular weight is 278 g/mol. The lowest BCUT2D eigenvalue weighted by Gasteiger charge is -2.20. The van der Waals surface area contributed by atoms with Gasteiger partial charge < -0.3 is 10.5 Å². The third-order valence-electron chi connectivity index (χ3n) is 3.63. The van der Waals surface area contributed by atoms with Crippen LogP contribution in [-0.2, 0) is 0 Å². The van der Waals surface area contributed by atoms with Crippen molar-refractivity contribution in [3.05, 3.63) is 23.0 Å². The fraction of sp³-hybridized carbons (Fsp3) is 0.600. The Kier molecular flexibility index (Phi) is 4.75. The van der Waals surface area contributed by atoms with Crippen molar-refractivity contribution >= 4 is 17.2 Å².